The third-order valence-corrected chi connectivity index (χ3v) is 3.41. The lowest BCUT2D eigenvalue weighted by Crippen LogP contribution is -2.33. The van der Waals surface area contributed by atoms with Crippen LogP contribution in [0.3, 0.4) is 0 Å². The maximum Gasteiger partial charge on any atom is 0.255 e. The van der Waals surface area contributed by atoms with Crippen LogP contribution in [0.5, 0.6) is 0 Å². The van der Waals surface area contributed by atoms with Gasteiger partial charge < -0.3 is 10.6 Å². The Morgan fingerprint density at radius 1 is 1.47 bits per heavy atom. The van der Waals surface area contributed by atoms with Crippen LogP contribution in [0, 0.1) is 12.8 Å². The molecular weight excluding hydrogens is 285 g/mol. The van der Waals surface area contributed by atoms with Gasteiger partial charge in [0.05, 0.1) is 5.56 Å². The van der Waals surface area contributed by atoms with E-state index >= 15 is 0 Å². The van der Waals surface area contributed by atoms with Crippen molar-refractivity contribution in [3.8, 4) is 0 Å². The second-order valence-corrected chi connectivity index (χ2v) is 4.85. The average molecular weight is 306 g/mol. The highest BCUT2D eigenvalue weighted by atomic mass is 35.5. The molecule has 2 N–H and O–H groups in total. The van der Waals surface area contributed by atoms with Gasteiger partial charge in [0.1, 0.15) is 0 Å². The van der Waals surface area contributed by atoms with Gasteiger partial charge in [-0.15, -0.1) is 24.8 Å². The number of halogens is 2. The van der Waals surface area contributed by atoms with E-state index in [4.69, 9.17) is 5.73 Å². The molecule has 1 fully saturated rings. The van der Waals surface area contributed by atoms with Crippen molar-refractivity contribution in [2.45, 2.75) is 26.3 Å². The molecule has 0 aromatic carbocycles. The molecule has 6 heteroatoms. The van der Waals surface area contributed by atoms with Crippen LogP contribution in [0.4, 0.5) is 0 Å². The predicted molar refractivity (Wildman–Crippen MR) is 81.1 cm³/mol. The summed E-state index contributed by atoms with van der Waals surface area (Å²) in [5, 5.41) is 0. The highest BCUT2D eigenvalue weighted by Gasteiger charge is 2.28. The maximum atomic E-state index is 12.2. The molecule has 1 amide bonds. The lowest BCUT2D eigenvalue weighted by molar-refractivity contribution is 0.0785. The molecule has 2 rings (SSSR count). The number of hydrogen-bond donors (Lipinski definition) is 1. The van der Waals surface area contributed by atoms with Crippen LogP contribution in [0.1, 0.15) is 29.4 Å². The lowest BCUT2D eigenvalue weighted by Gasteiger charge is -2.18. The van der Waals surface area contributed by atoms with Gasteiger partial charge >= 0.3 is 0 Å². The van der Waals surface area contributed by atoms with Crippen molar-refractivity contribution in [2.24, 2.45) is 11.7 Å². The summed E-state index contributed by atoms with van der Waals surface area (Å²) >= 11 is 0. The minimum absolute atomic E-state index is 0. The van der Waals surface area contributed by atoms with E-state index in [1.54, 1.807) is 6.20 Å². The van der Waals surface area contributed by atoms with Gasteiger partial charge in [0, 0.05) is 31.0 Å². The zero-order chi connectivity index (χ0) is 12.4. The first-order valence-corrected chi connectivity index (χ1v) is 6.05. The zero-order valence-corrected chi connectivity index (χ0v) is 12.8. The highest BCUT2D eigenvalue weighted by Crippen LogP contribution is 2.20. The second kappa shape index (κ2) is 7.68. The van der Waals surface area contributed by atoms with Gasteiger partial charge in [-0.1, -0.05) is 0 Å². The molecule has 2 atom stereocenters. The summed E-state index contributed by atoms with van der Waals surface area (Å²) in [5.41, 5.74) is 7.46. The van der Waals surface area contributed by atoms with E-state index in [0.29, 0.717) is 11.5 Å². The number of likely N-dealkylation sites (tertiary alicyclic amines) is 1. The van der Waals surface area contributed by atoms with Crippen molar-refractivity contribution in [2.75, 3.05) is 13.1 Å². The first kappa shape index (κ1) is 18.2. The molecule has 108 valence electrons. The number of amides is 1. The fourth-order valence-electron chi connectivity index (χ4n) is 2.18. The first-order chi connectivity index (χ1) is 8.08. The smallest absolute Gasteiger partial charge is 0.255 e. The molecule has 0 radical (unpaired) electrons. The van der Waals surface area contributed by atoms with E-state index in [1.165, 1.54) is 0 Å². The summed E-state index contributed by atoms with van der Waals surface area (Å²) in [6, 6.07) is 3.86. The van der Waals surface area contributed by atoms with E-state index in [-0.39, 0.29) is 36.8 Å². The van der Waals surface area contributed by atoms with Crippen molar-refractivity contribution < 1.29 is 4.79 Å². The van der Waals surface area contributed by atoms with Crippen molar-refractivity contribution >= 4 is 30.7 Å². The summed E-state index contributed by atoms with van der Waals surface area (Å²) in [5.74, 6) is 0.498. The fraction of sp³-hybridized carbons (Fsp3) is 0.538. The van der Waals surface area contributed by atoms with Crippen molar-refractivity contribution in [3.05, 3.63) is 29.6 Å². The Kier molecular flexibility index (Phi) is 7.34. The number of pyridine rings is 1. The van der Waals surface area contributed by atoms with Gasteiger partial charge in [-0.25, -0.2) is 0 Å². The number of rotatable bonds is 2. The van der Waals surface area contributed by atoms with Gasteiger partial charge in [-0.05, 0) is 38.3 Å². The Bertz CT molecular complexity index is 409. The van der Waals surface area contributed by atoms with Crippen molar-refractivity contribution in [1.29, 1.82) is 0 Å². The van der Waals surface area contributed by atoms with Crippen LogP contribution in [0.2, 0.25) is 0 Å². The molecule has 1 saturated heterocycles. The number of carbonyl (C=O) groups excluding carboxylic acids is 1. The molecule has 2 unspecified atom stereocenters. The van der Waals surface area contributed by atoms with Gasteiger partial charge in [-0.2, -0.15) is 0 Å². The van der Waals surface area contributed by atoms with Crippen molar-refractivity contribution in [1.82, 2.24) is 9.88 Å². The lowest BCUT2D eigenvalue weighted by atomic mass is 10.0. The molecule has 1 aliphatic heterocycles. The van der Waals surface area contributed by atoms with E-state index in [0.717, 1.165) is 25.2 Å². The standard InChI is InChI=1S/C13H19N3O.2ClH/c1-9-3-4-11(7-15-9)13(17)16-6-5-12(8-16)10(2)14;;/h3-4,7,10,12H,5-6,8,14H2,1-2H3;2*1H. The molecule has 2 heterocycles. The molecular formula is C13H21Cl2N3O. The SMILES string of the molecule is Cc1ccc(C(=O)N2CCC(C(C)N)C2)cn1.Cl.Cl. The van der Waals surface area contributed by atoms with Crippen LogP contribution in [-0.4, -0.2) is 34.9 Å². The Balaban J connectivity index is 0.00000162. The van der Waals surface area contributed by atoms with Gasteiger partial charge in [0.25, 0.3) is 5.91 Å². The third kappa shape index (κ3) is 4.34. The first-order valence-electron chi connectivity index (χ1n) is 6.05. The molecule has 0 saturated carbocycles. The predicted octanol–water partition coefficient (Wildman–Crippen LogP) is 2.04. The van der Waals surface area contributed by atoms with Crippen LogP contribution in [-0.2, 0) is 0 Å². The third-order valence-electron chi connectivity index (χ3n) is 3.41. The molecule has 1 aliphatic rings. The largest absolute Gasteiger partial charge is 0.338 e. The zero-order valence-electron chi connectivity index (χ0n) is 11.2. The quantitative estimate of drug-likeness (QED) is 0.909. The summed E-state index contributed by atoms with van der Waals surface area (Å²) in [6.45, 7) is 5.49. The van der Waals surface area contributed by atoms with Gasteiger partial charge in [-0.3, -0.25) is 9.78 Å². The fourth-order valence-corrected chi connectivity index (χ4v) is 2.18. The molecule has 19 heavy (non-hydrogen) atoms. The van der Waals surface area contributed by atoms with Crippen LogP contribution in [0.25, 0.3) is 0 Å². The minimum Gasteiger partial charge on any atom is -0.338 e. The number of carbonyl (C=O) groups is 1. The Morgan fingerprint density at radius 2 is 2.16 bits per heavy atom. The second-order valence-electron chi connectivity index (χ2n) is 4.85. The number of nitrogens with zero attached hydrogens (tertiary/aromatic N) is 2. The molecule has 0 aliphatic carbocycles. The number of hydrogen-bond acceptors (Lipinski definition) is 3. The summed E-state index contributed by atoms with van der Waals surface area (Å²) in [7, 11) is 0. The number of aromatic nitrogens is 1. The van der Waals surface area contributed by atoms with E-state index in [9.17, 15) is 4.79 Å². The van der Waals surface area contributed by atoms with Crippen LogP contribution < -0.4 is 5.73 Å². The van der Waals surface area contributed by atoms with Crippen LogP contribution >= 0.6 is 24.8 Å². The topological polar surface area (TPSA) is 59.2 Å². The van der Waals surface area contributed by atoms with E-state index in [1.807, 2.05) is 30.9 Å². The molecule has 1 aromatic heterocycles. The Labute approximate surface area is 126 Å². The average Bonchev–Trinajstić information content (AvgIpc) is 2.78. The molecule has 0 spiro atoms. The van der Waals surface area contributed by atoms with Crippen LogP contribution in [0.15, 0.2) is 18.3 Å². The van der Waals surface area contributed by atoms with E-state index < -0.39 is 0 Å². The van der Waals surface area contributed by atoms with Gasteiger partial charge in [0.2, 0.25) is 0 Å². The Hall–Kier alpha value is -0.840. The highest BCUT2D eigenvalue weighted by molar-refractivity contribution is 5.94. The van der Waals surface area contributed by atoms with Gasteiger partial charge in [0.15, 0.2) is 0 Å². The molecule has 0 bridgehead atoms. The molecule has 4 nitrogen and oxygen atoms in total. The monoisotopic (exact) mass is 305 g/mol. The summed E-state index contributed by atoms with van der Waals surface area (Å²) < 4.78 is 0. The normalized spacial score (nSPS) is 19.3. The number of nitrogens with two attached hydrogens (primary N) is 1. The van der Waals surface area contributed by atoms with E-state index in [2.05, 4.69) is 4.98 Å². The maximum absolute atomic E-state index is 12.2. The Morgan fingerprint density at radius 3 is 2.63 bits per heavy atom. The minimum atomic E-state index is 0. The number of aryl methyl sites for hydroxylation is 1. The van der Waals surface area contributed by atoms with Crippen molar-refractivity contribution in [3.63, 3.8) is 0 Å². The summed E-state index contributed by atoms with van der Waals surface area (Å²) in [4.78, 5) is 18.2. The summed E-state index contributed by atoms with van der Waals surface area (Å²) in [6.07, 6.45) is 2.65. The molecule has 1 aromatic rings.